The van der Waals surface area contributed by atoms with Gasteiger partial charge >= 0.3 is 0 Å². The van der Waals surface area contributed by atoms with E-state index in [0.717, 1.165) is 0 Å². The third kappa shape index (κ3) is 3.78. The van der Waals surface area contributed by atoms with E-state index in [1.54, 1.807) is 6.07 Å². The van der Waals surface area contributed by atoms with Gasteiger partial charge in [0.15, 0.2) is 5.82 Å². The summed E-state index contributed by atoms with van der Waals surface area (Å²) in [4.78, 5) is 8.83. The van der Waals surface area contributed by atoms with Gasteiger partial charge < -0.3 is 0 Å². The van der Waals surface area contributed by atoms with Crippen LogP contribution >= 0.6 is 11.6 Å². The molecule has 1 aromatic carbocycles. The topological polar surface area (TPSA) is 25.8 Å². The van der Waals surface area contributed by atoms with Crippen LogP contribution in [0.2, 0.25) is 5.02 Å². The lowest BCUT2D eigenvalue weighted by Gasteiger charge is -2.26. The molecule has 3 rings (SSSR count). The van der Waals surface area contributed by atoms with Gasteiger partial charge in [0.1, 0.15) is 5.82 Å². The Morgan fingerprint density at radius 3 is 2.43 bits per heavy atom. The van der Waals surface area contributed by atoms with Crippen molar-refractivity contribution in [1.82, 2.24) is 9.97 Å². The summed E-state index contributed by atoms with van der Waals surface area (Å²) in [6, 6.07) is 4.65. The van der Waals surface area contributed by atoms with Gasteiger partial charge in [0.2, 0.25) is 0 Å². The molecular weight excluding hydrogens is 311 g/mol. The molecule has 1 saturated carbocycles. The van der Waals surface area contributed by atoms with E-state index in [0.29, 0.717) is 23.2 Å². The minimum atomic E-state index is -0.445. The molecular formula is C19H20ClFN2. The van der Waals surface area contributed by atoms with Crippen molar-refractivity contribution in [3.05, 3.63) is 59.1 Å². The molecule has 0 spiro atoms. The highest BCUT2D eigenvalue weighted by atomic mass is 35.5. The summed E-state index contributed by atoms with van der Waals surface area (Å²) in [6.45, 7) is 2.08. The average Bonchev–Trinajstić information content (AvgIpc) is 2.59. The van der Waals surface area contributed by atoms with Crippen LogP contribution in [0.15, 0.2) is 42.7 Å². The van der Waals surface area contributed by atoms with E-state index in [-0.39, 0.29) is 5.02 Å². The van der Waals surface area contributed by atoms with Crippen molar-refractivity contribution in [3.63, 3.8) is 0 Å². The molecule has 23 heavy (non-hydrogen) atoms. The molecule has 2 nitrogen and oxygen atoms in total. The summed E-state index contributed by atoms with van der Waals surface area (Å²) in [6.07, 6.45) is 13.0. The highest BCUT2D eigenvalue weighted by molar-refractivity contribution is 6.30. The van der Waals surface area contributed by atoms with E-state index in [1.807, 2.05) is 12.4 Å². The molecule has 0 bridgehead atoms. The van der Waals surface area contributed by atoms with Crippen LogP contribution in [0, 0.1) is 11.7 Å². The van der Waals surface area contributed by atoms with Crippen molar-refractivity contribution in [2.24, 2.45) is 5.92 Å². The summed E-state index contributed by atoms with van der Waals surface area (Å²) < 4.78 is 13.5. The van der Waals surface area contributed by atoms with Crippen molar-refractivity contribution < 1.29 is 4.39 Å². The van der Waals surface area contributed by atoms with Crippen LogP contribution < -0.4 is 0 Å². The van der Waals surface area contributed by atoms with Gasteiger partial charge in [-0.15, -0.1) is 0 Å². The largest absolute Gasteiger partial charge is 0.236 e. The first-order valence-electron chi connectivity index (χ1n) is 8.07. The SMILES string of the molecule is CC=CC1CCC(c2cnc(-c3ccc(Cl)c(F)c3)nc2)CC1. The molecule has 0 amide bonds. The fraction of sp³-hybridized carbons (Fsp3) is 0.368. The molecule has 0 aliphatic heterocycles. The van der Waals surface area contributed by atoms with E-state index in [2.05, 4.69) is 29.0 Å². The van der Waals surface area contributed by atoms with Crippen LogP contribution in [-0.4, -0.2) is 9.97 Å². The number of rotatable bonds is 3. The summed E-state index contributed by atoms with van der Waals surface area (Å²) in [5.74, 6) is 1.34. The predicted octanol–water partition coefficient (Wildman–Crippen LogP) is 5.79. The number of allylic oxidation sites excluding steroid dienone is 2. The monoisotopic (exact) mass is 330 g/mol. The zero-order valence-electron chi connectivity index (χ0n) is 13.2. The van der Waals surface area contributed by atoms with Crippen molar-refractivity contribution >= 4 is 11.6 Å². The Morgan fingerprint density at radius 1 is 1.13 bits per heavy atom. The molecule has 0 saturated heterocycles. The summed E-state index contributed by atoms with van der Waals surface area (Å²) in [5, 5.41) is 0.114. The van der Waals surface area contributed by atoms with E-state index >= 15 is 0 Å². The maximum atomic E-state index is 13.5. The number of benzene rings is 1. The third-order valence-corrected chi connectivity index (χ3v) is 4.86. The van der Waals surface area contributed by atoms with E-state index in [1.165, 1.54) is 43.4 Å². The standard InChI is InChI=1S/C19H20ClFN2/c1-2-3-13-4-6-14(7-5-13)16-11-22-19(23-12-16)15-8-9-17(20)18(21)10-15/h2-3,8-14H,4-7H2,1H3. The quantitative estimate of drug-likeness (QED) is 0.666. The van der Waals surface area contributed by atoms with Crippen LogP contribution in [0.3, 0.4) is 0 Å². The second-order valence-electron chi connectivity index (χ2n) is 6.11. The average molecular weight is 331 g/mol. The molecule has 4 heteroatoms. The zero-order chi connectivity index (χ0) is 16.2. The van der Waals surface area contributed by atoms with Gasteiger partial charge in [0, 0.05) is 18.0 Å². The lowest BCUT2D eigenvalue weighted by atomic mass is 9.79. The van der Waals surface area contributed by atoms with Crippen molar-refractivity contribution in [1.29, 1.82) is 0 Å². The zero-order valence-corrected chi connectivity index (χ0v) is 13.9. The normalized spacial score (nSPS) is 21.7. The van der Waals surface area contributed by atoms with E-state index < -0.39 is 5.82 Å². The molecule has 1 aromatic heterocycles. The van der Waals surface area contributed by atoms with Gasteiger partial charge in [0.25, 0.3) is 0 Å². The Kier molecular flexibility index (Phi) is 5.06. The fourth-order valence-electron chi connectivity index (χ4n) is 3.25. The summed E-state index contributed by atoms with van der Waals surface area (Å²) in [5.41, 5.74) is 1.83. The second-order valence-corrected chi connectivity index (χ2v) is 6.51. The van der Waals surface area contributed by atoms with Gasteiger partial charge in [-0.25, -0.2) is 14.4 Å². The van der Waals surface area contributed by atoms with E-state index in [4.69, 9.17) is 11.6 Å². The molecule has 1 fully saturated rings. The molecule has 0 N–H and O–H groups in total. The number of halogens is 2. The molecule has 120 valence electrons. The predicted molar refractivity (Wildman–Crippen MR) is 91.9 cm³/mol. The third-order valence-electron chi connectivity index (χ3n) is 4.56. The number of nitrogens with zero attached hydrogens (tertiary/aromatic N) is 2. The highest BCUT2D eigenvalue weighted by Gasteiger charge is 2.21. The lowest BCUT2D eigenvalue weighted by molar-refractivity contribution is 0.375. The van der Waals surface area contributed by atoms with Gasteiger partial charge in [-0.1, -0.05) is 23.8 Å². The molecule has 1 aliphatic rings. The Morgan fingerprint density at radius 2 is 1.83 bits per heavy atom. The number of hydrogen-bond acceptors (Lipinski definition) is 2. The Bertz CT molecular complexity index is 689. The fourth-order valence-corrected chi connectivity index (χ4v) is 3.37. The van der Waals surface area contributed by atoms with Crippen molar-refractivity contribution in [3.8, 4) is 11.4 Å². The van der Waals surface area contributed by atoms with Crippen molar-refractivity contribution in [2.45, 2.75) is 38.5 Å². The smallest absolute Gasteiger partial charge is 0.159 e. The van der Waals surface area contributed by atoms with Gasteiger partial charge in [0.05, 0.1) is 5.02 Å². The van der Waals surface area contributed by atoms with Crippen molar-refractivity contribution in [2.75, 3.05) is 0 Å². The first-order valence-corrected chi connectivity index (χ1v) is 8.45. The second kappa shape index (κ2) is 7.22. The molecule has 0 radical (unpaired) electrons. The first kappa shape index (κ1) is 16.1. The van der Waals surface area contributed by atoms with Crippen LogP contribution in [-0.2, 0) is 0 Å². The lowest BCUT2D eigenvalue weighted by Crippen LogP contribution is -2.12. The van der Waals surface area contributed by atoms with Gasteiger partial charge in [-0.3, -0.25) is 0 Å². The maximum Gasteiger partial charge on any atom is 0.159 e. The first-order chi connectivity index (χ1) is 11.2. The maximum absolute atomic E-state index is 13.5. The minimum Gasteiger partial charge on any atom is -0.236 e. The molecule has 0 unspecified atom stereocenters. The molecule has 1 heterocycles. The van der Waals surface area contributed by atoms with Crippen LogP contribution in [0.4, 0.5) is 4.39 Å². The summed E-state index contributed by atoms with van der Waals surface area (Å²) >= 11 is 5.71. The highest BCUT2D eigenvalue weighted by Crippen LogP contribution is 2.36. The van der Waals surface area contributed by atoms with Crippen LogP contribution in [0.5, 0.6) is 0 Å². The minimum absolute atomic E-state index is 0.114. The molecule has 0 atom stereocenters. The summed E-state index contributed by atoms with van der Waals surface area (Å²) in [7, 11) is 0. The Hall–Kier alpha value is -1.74. The number of aromatic nitrogens is 2. The Labute approximate surface area is 141 Å². The van der Waals surface area contributed by atoms with Crippen LogP contribution in [0.1, 0.15) is 44.1 Å². The molecule has 1 aliphatic carbocycles. The van der Waals surface area contributed by atoms with Gasteiger partial charge in [-0.05, 0) is 68.2 Å². The van der Waals surface area contributed by atoms with Gasteiger partial charge in [-0.2, -0.15) is 0 Å². The Balaban J connectivity index is 1.71. The van der Waals surface area contributed by atoms with Crippen LogP contribution in [0.25, 0.3) is 11.4 Å². The molecule has 2 aromatic rings. The van der Waals surface area contributed by atoms with E-state index in [9.17, 15) is 4.39 Å². The number of hydrogen-bond donors (Lipinski definition) is 0.